The van der Waals surface area contributed by atoms with Crippen molar-refractivity contribution in [1.29, 1.82) is 0 Å². The van der Waals surface area contributed by atoms with Crippen molar-refractivity contribution in [1.82, 2.24) is 0 Å². The van der Waals surface area contributed by atoms with Crippen LogP contribution in [0.3, 0.4) is 0 Å². The van der Waals surface area contributed by atoms with Gasteiger partial charge in [-0.1, -0.05) is 6.92 Å². The standard InChI is InChI=1S/C38H40O6/c1-7-11-44-35-20-26-23(17-33(35)42-9-3)14-29-37-25-19-34(43-10-4)32(41-8-2)16-22(25)13-28(37)36-24-18-31(40-6)30(39-5)15-21(24)12-27(36)38(26)29/h15-20H,7-14H2,1-6H3. The molecule has 0 amide bonds. The van der Waals surface area contributed by atoms with E-state index in [1.165, 1.54) is 66.8 Å². The lowest BCUT2D eigenvalue weighted by molar-refractivity contribution is 0.277. The number of hydrogen-bond acceptors (Lipinski definition) is 6. The zero-order chi connectivity index (χ0) is 30.5. The molecule has 0 N–H and O–H groups in total. The molecule has 0 atom stereocenters. The van der Waals surface area contributed by atoms with Crippen LogP contribution >= 0.6 is 0 Å². The monoisotopic (exact) mass is 592 g/mol. The molecule has 4 aromatic rings. The van der Waals surface area contributed by atoms with Gasteiger partial charge in [0.1, 0.15) is 0 Å². The van der Waals surface area contributed by atoms with E-state index in [-0.39, 0.29) is 0 Å². The summed E-state index contributed by atoms with van der Waals surface area (Å²) in [6.45, 7) is 10.6. The largest absolute Gasteiger partial charge is 0.493 e. The van der Waals surface area contributed by atoms with E-state index in [9.17, 15) is 0 Å². The molecule has 7 rings (SSSR count). The Kier molecular flexibility index (Phi) is 7.31. The van der Waals surface area contributed by atoms with Gasteiger partial charge >= 0.3 is 0 Å². The summed E-state index contributed by atoms with van der Waals surface area (Å²) in [4.78, 5) is 0. The number of benzene rings is 4. The average molecular weight is 593 g/mol. The Labute approximate surface area is 259 Å². The maximum Gasteiger partial charge on any atom is 0.161 e. The van der Waals surface area contributed by atoms with Gasteiger partial charge < -0.3 is 28.4 Å². The van der Waals surface area contributed by atoms with Gasteiger partial charge in [-0.25, -0.2) is 0 Å². The lowest BCUT2D eigenvalue weighted by Crippen LogP contribution is -2.01. The molecule has 6 nitrogen and oxygen atoms in total. The summed E-state index contributed by atoms with van der Waals surface area (Å²) in [7, 11) is 3.41. The molecule has 0 unspecified atom stereocenters. The number of methoxy groups -OCH3 is 2. The molecule has 3 aliphatic carbocycles. The summed E-state index contributed by atoms with van der Waals surface area (Å²) >= 11 is 0. The van der Waals surface area contributed by atoms with Crippen LogP contribution in [0.4, 0.5) is 0 Å². The van der Waals surface area contributed by atoms with Crippen molar-refractivity contribution in [3.8, 4) is 67.9 Å². The fourth-order valence-corrected chi connectivity index (χ4v) is 7.39. The molecular formula is C38H40O6. The van der Waals surface area contributed by atoms with Crippen molar-refractivity contribution in [3.05, 3.63) is 69.8 Å². The third kappa shape index (κ3) is 4.29. The second-order valence-corrected chi connectivity index (χ2v) is 11.5. The van der Waals surface area contributed by atoms with E-state index in [2.05, 4.69) is 43.3 Å². The van der Waals surface area contributed by atoms with Crippen molar-refractivity contribution in [3.63, 3.8) is 0 Å². The summed E-state index contributed by atoms with van der Waals surface area (Å²) in [6, 6.07) is 13.1. The zero-order valence-corrected chi connectivity index (χ0v) is 26.6. The van der Waals surface area contributed by atoms with Gasteiger partial charge in [0.15, 0.2) is 34.5 Å². The van der Waals surface area contributed by atoms with E-state index >= 15 is 0 Å². The van der Waals surface area contributed by atoms with Gasteiger partial charge in [0.25, 0.3) is 0 Å². The quantitative estimate of drug-likeness (QED) is 0.150. The van der Waals surface area contributed by atoms with E-state index in [0.717, 1.165) is 60.2 Å². The first-order chi connectivity index (χ1) is 21.5. The number of rotatable bonds is 11. The molecule has 3 aliphatic rings. The van der Waals surface area contributed by atoms with Crippen LogP contribution < -0.4 is 28.4 Å². The first-order valence-electron chi connectivity index (χ1n) is 15.9. The van der Waals surface area contributed by atoms with Gasteiger partial charge in [-0.3, -0.25) is 0 Å². The molecule has 44 heavy (non-hydrogen) atoms. The first kappa shape index (κ1) is 28.5. The molecule has 0 fully saturated rings. The van der Waals surface area contributed by atoms with Crippen molar-refractivity contribution in [2.75, 3.05) is 40.6 Å². The molecule has 0 spiro atoms. The van der Waals surface area contributed by atoms with Crippen LogP contribution in [0.1, 0.15) is 67.5 Å². The molecular weight excluding hydrogens is 552 g/mol. The van der Waals surface area contributed by atoms with Crippen LogP contribution in [0.2, 0.25) is 0 Å². The lowest BCUT2D eigenvalue weighted by atomic mass is 9.86. The van der Waals surface area contributed by atoms with Crippen molar-refractivity contribution in [2.45, 2.75) is 53.4 Å². The highest BCUT2D eigenvalue weighted by Gasteiger charge is 2.39. The fourth-order valence-electron chi connectivity index (χ4n) is 7.39. The van der Waals surface area contributed by atoms with Crippen LogP contribution in [0.25, 0.3) is 33.4 Å². The van der Waals surface area contributed by atoms with Gasteiger partial charge in [0, 0.05) is 0 Å². The zero-order valence-electron chi connectivity index (χ0n) is 26.6. The van der Waals surface area contributed by atoms with Crippen LogP contribution in [-0.4, -0.2) is 40.6 Å². The summed E-state index contributed by atoms with van der Waals surface area (Å²) in [5.74, 6) is 4.75. The summed E-state index contributed by atoms with van der Waals surface area (Å²) in [5.41, 5.74) is 15.6. The third-order valence-electron chi connectivity index (χ3n) is 9.03. The third-order valence-corrected chi connectivity index (χ3v) is 9.03. The molecule has 0 aliphatic heterocycles. The Bertz CT molecular complexity index is 1790. The Balaban J connectivity index is 1.51. The van der Waals surface area contributed by atoms with E-state index in [0.29, 0.717) is 26.4 Å². The minimum Gasteiger partial charge on any atom is -0.493 e. The molecule has 0 aromatic heterocycles. The van der Waals surface area contributed by atoms with E-state index < -0.39 is 0 Å². The molecule has 228 valence electrons. The minimum absolute atomic E-state index is 0.579. The minimum atomic E-state index is 0.579. The predicted octanol–water partition coefficient (Wildman–Crippen LogP) is 8.40. The molecule has 4 aromatic carbocycles. The molecule has 0 heterocycles. The Morgan fingerprint density at radius 3 is 1.18 bits per heavy atom. The van der Waals surface area contributed by atoms with E-state index in [1.54, 1.807) is 14.2 Å². The fraction of sp³-hybridized carbons (Fsp3) is 0.368. The summed E-state index contributed by atoms with van der Waals surface area (Å²) in [6.07, 6.45) is 3.45. The Hall–Kier alpha value is -4.32. The smallest absolute Gasteiger partial charge is 0.161 e. The Morgan fingerprint density at radius 2 is 0.795 bits per heavy atom. The molecule has 0 saturated carbocycles. The second-order valence-electron chi connectivity index (χ2n) is 11.5. The molecule has 6 heteroatoms. The highest BCUT2D eigenvalue weighted by atomic mass is 16.5. The second kappa shape index (κ2) is 11.3. The number of hydrogen-bond donors (Lipinski definition) is 0. The van der Waals surface area contributed by atoms with Gasteiger partial charge in [-0.05, 0) is 150 Å². The summed E-state index contributed by atoms with van der Waals surface area (Å²) < 4.78 is 36.1. The highest BCUT2D eigenvalue weighted by Crippen LogP contribution is 2.59. The highest BCUT2D eigenvalue weighted by molar-refractivity contribution is 6.01. The van der Waals surface area contributed by atoms with Crippen LogP contribution in [-0.2, 0) is 19.3 Å². The van der Waals surface area contributed by atoms with Crippen molar-refractivity contribution in [2.24, 2.45) is 0 Å². The Morgan fingerprint density at radius 1 is 0.455 bits per heavy atom. The SMILES string of the molecule is CCCOc1cc2c(cc1OCC)Cc1c3c(c4c(c1-2)Cc1cc(OC)c(OC)cc1-4)Cc1cc(OCC)c(OCC)cc1-3. The van der Waals surface area contributed by atoms with Gasteiger partial charge in [0.05, 0.1) is 40.6 Å². The summed E-state index contributed by atoms with van der Waals surface area (Å²) in [5, 5.41) is 0. The van der Waals surface area contributed by atoms with Gasteiger partial charge in [0.2, 0.25) is 0 Å². The lowest BCUT2D eigenvalue weighted by Gasteiger charge is -2.18. The predicted molar refractivity (Wildman–Crippen MR) is 174 cm³/mol. The number of ether oxygens (including phenoxy) is 6. The van der Waals surface area contributed by atoms with Crippen molar-refractivity contribution >= 4 is 0 Å². The van der Waals surface area contributed by atoms with Gasteiger partial charge in [-0.2, -0.15) is 0 Å². The topological polar surface area (TPSA) is 55.4 Å². The molecule has 0 bridgehead atoms. The van der Waals surface area contributed by atoms with E-state index in [1.807, 2.05) is 20.8 Å². The number of fused-ring (bicyclic) bond motifs is 12. The maximum atomic E-state index is 6.26. The van der Waals surface area contributed by atoms with E-state index in [4.69, 9.17) is 28.4 Å². The first-order valence-corrected chi connectivity index (χ1v) is 15.9. The van der Waals surface area contributed by atoms with Crippen LogP contribution in [0, 0.1) is 0 Å². The van der Waals surface area contributed by atoms with Gasteiger partial charge in [-0.15, -0.1) is 0 Å². The molecule has 0 radical (unpaired) electrons. The normalized spacial score (nSPS) is 13.0. The van der Waals surface area contributed by atoms with Crippen LogP contribution in [0.5, 0.6) is 34.5 Å². The average Bonchev–Trinajstić information content (AvgIpc) is 3.70. The van der Waals surface area contributed by atoms with Crippen LogP contribution in [0.15, 0.2) is 36.4 Å². The van der Waals surface area contributed by atoms with Crippen molar-refractivity contribution < 1.29 is 28.4 Å². The maximum absolute atomic E-state index is 6.26. The molecule has 0 saturated heterocycles.